The van der Waals surface area contributed by atoms with E-state index >= 15 is 0 Å². The first-order valence-corrected chi connectivity index (χ1v) is 6.48. The van der Waals surface area contributed by atoms with Gasteiger partial charge in [0.15, 0.2) is 11.3 Å². The van der Waals surface area contributed by atoms with E-state index in [2.05, 4.69) is 0 Å². The van der Waals surface area contributed by atoms with Crippen LogP contribution in [0.4, 0.5) is 0 Å². The number of carbonyl (C=O) groups excluding carboxylic acids is 1. The average Bonchev–Trinajstić information content (AvgIpc) is 2.80. The number of fused-ring (bicyclic) bond motifs is 1. The van der Waals surface area contributed by atoms with E-state index in [9.17, 15) is 9.59 Å². The maximum Gasteiger partial charge on any atom is 0.303 e. The molecule has 0 atom stereocenters. The molecule has 1 heterocycles. The van der Waals surface area contributed by atoms with Gasteiger partial charge in [-0.2, -0.15) is 0 Å². The van der Waals surface area contributed by atoms with Gasteiger partial charge in [0.2, 0.25) is 0 Å². The lowest BCUT2D eigenvalue weighted by atomic mass is 10.1. The number of benzene rings is 1. The van der Waals surface area contributed by atoms with Gasteiger partial charge in [0.05, 0.1) is 19.4 Å². The smallest absolute Gasteiger partial charge is 0.303 e. The number of para-hydroxylation sites is 1. The number of ether oxygens (including phenoxy) is 1. The Labute approximate surface area is 116 Å². The van der Waals surface area contributed by atoms with Crippen LogP contribution in [0.25, 0.3) is 11.0 Å². The van der Waals surface area contributed by atoms with Crippen LogP contribution in [-0.4, -0.2) is 23.5 Å². The number of carbonyl (C=O) groups is 2. The van der Waals surface area contributed by atoms with Crippen LogP contribution in [0, 0.1) is 0 Å². The Morgan fingerprint density at radius 1 is 1.30 bits per heavy atom. The van der Waals surface area contributed by atoms with E-state index in [-0.39, 0.29) is 25.0 Å². The molecule has 2 aromatic rings. The molecule has 2 rings (SSSR count). The molecule has 106 valence electrons. The van der Waals surface area contributed by atoms with Crippen LogP contribution in [0.2, 0.25) is 0 Å². The van der Waals surface area contributed by atoms with Crippen molar-refractivity contribution in [2.45, 2.75) is 26.2 Å². The number of furan rings is 1. The van der Waals surface area contributed by atoms with E-state index in [0.717, 1.165) is 5.39 Å². The Bertz CT molecular complexity index is 626. The highest BCUT2D eigenvalue weighted by atomic mass is 16.5. The summed E-state index contributed by atoms with van der Waals surface area (Å²) in [6.45, 7) is 2.42. The number of carboxylic acids is 1. The van der Waals surface area contributed by atoms with Crippen molar-refractivity contribution in [3.05, 3.63) is 30.0 Å². The molecule has 0 unspecified atom stereocenters. The molecule has 5 nitrogen and oxygen atoms in total. The molecule has 1 N–H and O–H groups in total. The van der Waals surface area contributed by atoms with Crippen LogP contribution < -0.4 is 4.74 Å². The molecule has 0 saturated heterocycles. The van der Waals surface area contributed by atoms with Crippen LogP contribution in [-0.2, 0) is 16.0 Å². The zero-order valence-corrected chi connectivity index (χ0v) is 11.2. The second-order valence-corrected chi connectivity index (χ2v) is 4.43. The fourth-order valence-corrected chi connectivity index (χ4v) is 1.98. The number of hydrogen-bond donors (Lipinski definition) is 1. The first kappa shape index (κ1) is 14.1. The summed E-state index contributed by atoms with van der Waals surface area (Å²) < 4.78 is 11.1. The molecule has 0 saturated carbocycles. The van der Waals surface area contributed by atoms with Crippen molar-refractivity contribution in [3.63, 3.8) is 0 Å². The molecule has 0 amide bonds. The van der Waals surface area contributed by atoms with Crippen LogP contribution in [0.5, 0.6) is 5.75 Å². The Kier molecular flexibility index (Phi) is 4.40. The number of carboxylic acid groups (broad SMARTS) is 1. The maximum atomic E-state index is 11.6. The van der Waals surface area contributed by atoms with E-state index in [1.165, 1.54) is 0 Å². The van der Waals surface area contributed by atoms with Crippen molar-refractivity contribution in [3.8, 4) is 5.75 Å². The normalized spacial score (nSPS) is 10.7. The predicted molar refractivity (Wildman–Crippen MR) is 73.0 cm³/mol. The summed E-state index contributed by atoms with van der Waals surface area (Å²) in [5.74, 6) is 0.0581. The van der Waals surface area contributed by atoms with Gasteiger partial charge in [-0.15, -0.1) is 0 Å². The molecule has 1 aromatic carbocycles. The third-order valence-corrected chi connectivity index (χ3v) is 2.85. The Morgan fingerprint density at radius 2 is 2.10 bits per heavy atom. The molecule has 0 aliphatic heterocycles. The fourth-order valence-electron chi connectivity index (χ4n) is 1.98. The topological polar surface area (TPSA) is 76.7 Å². The zero-order chi connectivity index (χ0) is 14.5. The SMILES string of the molecule is CCOc1cccc2cc(CC(=O)CCC(=O)O)oc12. The molecule has 0 aliphatic rings. The second-order valence-electron chi connectivity index (χ2n) is 4.43. The summed E-state index contributed by atoms with van der Waals surface area (Å²) in [6.07, 6.45) is -0.0263. The van der Waals surface area contributed by atoms with Crippen LogP contribution in [0.1, 0.15) is 25.5 Å². The lowest BCUT2D eigenvalue weighted by molar-refractivity contribution is -0.138. The van der Waals surface area contributed by atoms with E-state index in [1.807, 2.05) is 25.1 Å². The van der Waals surface area contributed by atoms with E-state index in [1.54, 1.807) is 6.07 Å². The highest BCUT2D eigenvalue weighted by molar-refractivity contribution is 5.87. The molecule has 0 aliphatic carbocycles. The highest BCUT2D eigenvalue weighted by Gasteiger charge is 2.13. The number of ketones is 1. The summed E-state index contributed by atoms with van der Waals surface area (Å²) in [6, 6.07) is 7.34. The highest BCUT2D eigenvalue weighted by Crippen LogP contribution is 2.29. The maximum absolute atomic E-state index is 11.6. The van der Waals surface area contributed by atoms with Gasteiger partial charge < -0.3 is 14.3 Å². The first-order valence-electron chi connectivity index (χ1n) is 6.48. The van der Waals surface area contributed by atoms with Gasteiger partial charge in [-0.25, -0.2) is 0 Å². The standard InChI is InChI=1S/C15H16O5/c1-2-19-13-5-3-4-10-8-12(20-15(10)13)9-11(16)6-7-14(17)18/h3-5,8H,2,6-7,9H2,1H3,(H,17,18). The number of Topliss-reactive ketones (excluding diaryl/α,β-unsaturated/α-hetero) is 1. The number of hydrogen-bond acceptors (Lipinski definition) is 4. The third-order valence-electron chi connectivity index (χ3n) is 2.85. The van der Waals surface area contributed by atoms with Gasteiger partial charge in [0.1, 0.15) is 11.5 Å². The Balaban J connectivity index is 2.13. The molecule has 0 fully saturated rings. The molecule has 0 radical (unpaired) electrons. The predicted octanol–water partition coefficient (Wildman–Crippen LogP) is 2.81. The van der Waals surface area contributed by atoms with Crippen molar-refractivity contribution in [1.29, 1.82) is 0 Å². The lowest BCUT2D eigenvalue weighted by Gasteiger charge is -2.02. The van der Waals surface area contributed by atoms with Crippen molar-refractivity contribution in [2.24, 2.45) is 0 Å². The fraction of sp³-hybridized carbons (Fsp3) is 0.333. The summed E-state index contributed by atoms with van der Waals surface area (Å²) in [5.41, 5.74) is 0.621. The first-order chi connectivity index (χ1) is 9.60. The Hall–Kier alpha value is -2.30. The van der Waals surface area contributed by atoms with Crippen LogP contribution >= 0.6 is 0 Å². The molecule has 20 heavy (non-hydrogen) atoms. The van der Waals surface area contributed by atoms with E-state index in [4.69, 9.17) is 14.3 Å². The average molecular weight is 276 g/mol. The van der Waals surface area contributed by atoms with E-state index < -0.39 is 5.97 Å². The van der Waals surface area contributed by atoms with Gasteiger partial charge in [0, 0.05) is 11.8 Å². The largest absolute Gasteiger partial charge is 0.490 e. The summed E-state index contributed by atoms with van der Waals surface area (Å²) in [5, 5.41) is 9.42. The summed E-state index contributed by atoms with van der Waals surface area (Å²) >= 11 is 0. The van der Waals surface area contributed by atoms with Crippen molar-refractivity contribution >= 4 is 22.7 Å². The summed E-state index contributed by atoms with van der Waals surface area (Å²) in [7, 11) is 0. The van der Waals surface area contributed by atoms with Crippen molar-refractivity contribution in [1.82, 2.24) is 0 Å². The molecule has 0 spiro atoms. The minimum Gasteiger partial charge on any atom is -0.490 e. The molecule has 0 bridgehead atoms. The van der Waals surface area contributed by atoms with Gasteiger partial charge in [-0.3, -0.25) is 9.59 Å². The Morgan fingerprint density at radius 3 is 2.80 bits per heavy atom. The minimum absolute atomic E-state index is 0.0185. The van der Waals surface area contributed by atoms with Crippen LogP contribution in [0.15, 0.2) is 28.7 Å². The van der Waals surface area contributed by atoms with Crippen molar-refractivity contribution < 1.29 is 23.8 Å². The molecular weight excluding hydrogens is 260 g/mol. The molecule has 5 heteroatoms. The summed E-state index contributed by atoms with van der Waals surface area (Å²) in [4.78, 5) is 22.1. The van der Waals surface area contributed by atoms with Crippen molar-refractivity contribution in [2.75, 3.05) is 6.61 Å². The second kappa shape index (κ2) is 6.23. The lowest BCUT2D eigenvalue weighted by Crippen LogP contribution is -2.05. The minimum atomic E-state index is -0.971. The van der Waals surface area contributed by atoms with Gasteiger partial charge in [-0.05, 0) is 19.1 Å². The zero-order valence-electron chi connectivity index (χ0n) is 11.2. The third kappa shape index (κ3) is 3.38. The quantitative estimate of drug-likeness (QED) is 0.841. The van der Waals surface area contributed by atoms with E-state index in [0.29, 0.717) is 23.7 Å². The van der Waals surface area contributed by atoms with Crippen LogP contribution in [0.3, 0.4) is 0 Å². The van der Waals surface area contributed by atoms with Gasteiger partial charge in [0.25, 0.3) is 0 Å². The van der Waals surface area contributed by atoms with Gasteiger partial charge >= 0.3 is 5.97 Å². The molecular formula is C15H16O5. The monoisotopic (exact) mass is 276 g/mol. The number of aliphatic carboxylic acids is 1. The molecule has 1 aromatic heterocycles. The number of rotatable bonds is 7. The van der Waals surface area contributed by atoms with Gasteiger partial charge in [-0.1, -0.05) is 12.1 Å².